The van der Waals surface area contributed by atoms with Gasteiger partial charge in [-0.05, 0) is 107 Å². The lowest BCUT2D eigenvalue weighted by Gasteiger charge is -2.41. The van der Waals surface area contributed by atoms with Crippen LogP contribution in [0.3, 0.4) is 0 Å². The minimum atomic E-state index is -1.54. The molecule has 5 aliphatic rings. The summed E-state index contributed by atoms with van der Waals surface area (Å²) in [5, 5.41) is 44.2. The molecular formula is C47H77NO6. The Bertz CT molecular complexity index is 1210. The second-order valence-corrected chi connectivity index (χ2v) is 18.4. The fraction of sp³-hybridized carbons (Fsp3) is 0.894. The number of nitrogens with one attached hydrogen (secondary N) is 1. The molecule has 1 aliphatic heterocycles. The first kappa shape index (κ1) is 43.5. The molecule has 7 nitrogen and oxygen atoms in total. The van der Waals surface area contributed by atoms with Crippen molar-refractivity contribution in [3.05, 3.63) is 0 Å². The van der Waals surface area contributed by atoms with Crippen molar-refractivity contribution in [3.8, 4) is 23.7 Å². The number of carbonyl (C=O) groups is 1. The first-order valence-electron chi connectivity index (χ1n) is 22.9. The topological polar surface area (TPSA) is 119 Å². The summed E-state index contributed by atoms with van der Waals surface area (Å²) in [6, 6.07) is -1.20. The zero-order valence-electron chi connectivity index (χ0n) is 34.1. The van der Waals surface area contributed by atoms with Gasteiger partial charge in [0.25, 0.3) is 0 Å². The highest BCUT2D eigenvalue weighted by atomic mass is 16.6. The van der Waals surface area contributed by atoms with E-state index in [1.807, 2.05) is 0 Å². The van der Waals surface area contributed by atoms with E-state index < -0.39 is 43.2 Å². The van der Waals surface area contributed by atoms with Gasteiger partial charge in [-0.25, -0.2) is 0 Å². The van der Waals surface area contributed by atoms with Crippen LogP contribution in [0, 0.1) is 76.9 Å². The Morgan fingerprint density at radius 2 is 1.11 bits per heavy atom. The van der Waals surface area contributed by atoms with E-state index in [1.165, 1.54) is 128 Å². The number of aliphatic hydroxyl groups is 4. The first-order valence-corrected chi connectivity index (χ1v) is 22.9. The maximum absolute atomic E-state index is 14.0. The van der Waals surface area contributed by atoms with E-state index in [4.69, 9.17) is 4.74 Å². The molecule has 4 saturated carbocycles. The van der Waals surface area contributed by atoms with Crippen LogP contribution in [0.1, 0.15) is 174 Å². The number of rotatable bonds is 14. The summed E-state index contributed by atoms with van der Waals surface area (Å²) in [7, 11) is 0. The number of hydrogen-bond donors (Lipinski definition) is 5. The van der Waals surface area contributed by atoms with Crippen molar-refractivity contribution in [2.75, 3.05) is 6.61 Å². The lowest BCUT2D eigenvalue weighted by Crippen LogP contribution is -2.64. The molecule has 4 aliphatic carbocycles. The molecule has 8 atom stereocenters. The Morgan fingerprint density at radius 3 is 1.74 bits per heavy atom. The predicted octanol–water partition coefficient (Wildman–Crippen LogP) is 8.30. The van der Waals surface area contributed by atoms with Gasteiger partial charge in [-0.3, -0.25) is 4.79 Å². The van der Waals surface area contributed by atoms with Crippen molar-refractivity contribution in [1.82, 2.24) is 5.32 Å². The van der Waals surface area contributed by atoms with Gasteiger partial charge < -0.3 is 30.5 Å². The summed E-state index contributed by atoms with van der Waals surface area (Å²) >= 11 is 0. The van der Waals surface area contributed by atoms with Crippen molar-refractivity contribution in [1.29, 1.82) is 0 Å². The van der Waals surface area contributed by atoms with E-state index in [1.54, 1.807) is 0 Å². The molecule has 1 saturated heterocycles. The lowest BCUT2D eigenvalue weighted by atomic mass is 9.68. The molecule has 7 heteroatoms. The quantitative estimate of drug-likeness (QED) is 0.0901. The second-order valence-electron chi connectivity index (χ2n) is 18.4. The number of carbonyl (C=O) groups excluding carboxylic acids is 1. The molecule has 306 valence electrons. The van der Waals surface area contributed by atoms with E-state index >= 15 is 0 Å². The Balaban J connectivity index is 1.14. The number of amides is 1. The minimum Gasteiger partial charge on any atom is -0.394 e. The summed E-state index contributed by atoms with van der Waals surface area (Å²) in [5.74, 6) is 18.1. The van der Waals surface area contributed by atoms with Gasteiger partial charge in [-0.1, -0.05) is 115 Å². The minimum absolute atomic E-state index is 0.106. The van der Waals surface area contributed by atoms with Crippen molar-refractivity contribution in [2.24, 2.45) is 53.3 Å². The Labute approximate surface area is 328 Å². The van der Waals surface area contributed by atoms with Crippen molar-refractivity contribution >= 4 is 5.91 Å². The normalized spacial score (nSPS) is 38.7. The van der Waals surface area contributed by atoms with Gasteiger partial charge in [-0.2, -0.15) is 0 Å². The van der Waals surface area contributed by atoms with Gasteiger partial charge in [0.1, 0.15) is 24.4 Å². The number of aliphatic hydroxyl groups excluding tert-OH is 4. The molecule has 1 heterocycles. The summed E-state index contributed by atoms with van der Waals surface area (Å²) < 4.78 is 5.35. The summed E-state index contributed by atoms with van der Waals surface area (Å²) in [4.78, 5) is 14.0. The van der Waals surface area contributed by atoms with Crippen molar-refractivity contribution in [2.45, 2.75) is 205 Å². The van der Waals surface area contributed by atoms with Crippen molar-refractivity contribution in [3.63, 3.8) is 0 Å². The summed E-state index contributed by atoms with van der Waals surface area (Å²) in [5.41, 5.74) is 0. The summed E-state index contributed by atoms with van der Waals surface area (Å²) in [6.45, 7) is 4.01. The third kappa shape index (κ3) is 13.0. The van der Waals surface area contributed by atoms with E-state index in [-0.39, 0.29) is 17.7 Å². The molecule has 1 amide bonds. The Kier molecular flexibility index (Phi) is 18.5. The largest absolute Gasteiger partial charge is 0.394 e. The molecular weight excluding hydrogens is 675 g/mol. The second kappa shape index (κ2) is 23.0. The predicted molar refractivity (Wildman–Crippen MR) is 216 cm³/mol. The van der Waals surface area contributed by atoms with Crippen LogP contribution in [-0.2, 0) is 9.53 Å². The fourth-order valence-electron chi connectivity index (χ4n) is 10.7. The third-order valence-electron chi connectivity index (χ3n) is 14.5. The van der Waals surface area contributed by atoms with Crippen LogP contribution in [-0.4, -0.2) is 63.6 Å². The fourth-order valence-corrected chi connectivity index (χ4v) is 10.7. The average Bonchev–Trinajstić information content (AvgIpc) is 3.20. The third-order valence-corrected chi connectivity index (χ3v) is 14.5. The molecule has 5 unspecified atom stereocenters. The molecule has 5 fully saturated rings. The van der Waals surface area contributed by atoms with Gasteiger partial charge in [-0.15, -0.1) is 0 Å². The maximum atomic E-state index is 14.0. The molecule has 0 aromatic carbocycles. The molecule has 5 N–H and O–H groups in total. The summed E-state index contributed by atoms with van der Waals surface area (Å²) in [6.07, 6.45) is 25.9. The highest BCUT2D eigenvalue weighted by Crippen LogP contribution is 2.43. The van der Waals surface area contributed by atoms with Crippen LogP contribution < -0.4 is 5.32 Å². The number of hydrogen-bond acceptors (Lipinski definition) is 6. The van der Waals surface area contributed by atoms with Crippen molar-refractivity contribution < 1.29 is 30.0 Å². The Hall–Kier alpha value is -1.61. The zero-order chi connectivity index (χ0) is 38.3. The molecule has 0 aromatic heterocycles. The molecule has 0 radical (unpaired) electrons. The standard InChI is InChI=1S/C47H77NO6/c1-3-5-7-8-10-12-34-19-25-38(26-20-34)39-27-21-36(22-28-39)23-29-40-30-24-37(18-17-35-15-13-33(14-16-35)11-9-6-4-2)31-41(40)46(52)48-43-45(51)44(50)42(32-49)54-47(43)53/h33-45,47,49-51,53H,3-16,19-22,24-28,30-32H2,1-2H3,(H,48,52)/t33?,34?,35?,36?,37?,38?,39?,40?,41?,42?,43?,44-,45+,47+/m0/s1. The van der Waals surface area contributed by atoms with Gasteiger partial charge in [0.15, 0.2) is 6.29 Å². The van der Waals surface area contributed by atoms with Gasteiger partial charge in [0.2, 0.25) is 5.91 Å². The van der Waals surface area contributed by atoms with Crippen LogP contribution in [0.2, 0.25) is 0 Å². The number of ether oxygens (including phenoxy) is 1. The van der Waals surface area contributed by atoms with Gasteiger partial charge >= 0.3 is 0 Å². The van der Waals surface area contributed by atoms with Crippen LogP contribution in [0.25, 0.3) is 0 Å². The van der Waals surface area contributed by atoms with E-state index in [2.05, 4.69) is 42.8 Å². The van der Waals surface area contributed by atoms with Crippen LogP contribution in [0.5, 0.6) is 0 Å². The van der Waals surface area contributed by atoms with Gasteiger partial charge in [0.05, 0.1) is 12.5 Å². The maximum Gasteiger partial charge on any atom is 0.224 e. The molecule has 0 spiro atoms. The van der Waals surface area contributed by atoms with E-state index in [0.717, 1.165) is 49.4 Å². The smallest absolute Gasteiger partial charge is 0.224 e. The van der Waals surface area contributed by atoms with Gasteiger partial charge in [0, 0.05) is 23.7 Å². The zero-order valence-corrected chi connectivity index (χ0v) is 34.1. The van der Waals surface area contributed by atoms with Crippen LogP contribution in [0.15, 0.2) is 0 Å². The average molecular weight is 752 g/mol. The highest BCUT2D eigenvalue weighted by Gasteiger charge is 2.46. The number of unbranched alkanes of at least 4 members (excludes halogenated alkanes) is 6. The monoisotopic (exact) mass is 752 g/mol. The van der Waals surface area contributed by atoms with E-state index in [9.17, 15) is 25.2 Å². The highest BCUT2D eigenvalue weighted by molar-refractivity contribution is 5.80. The Morgan fingerprint density at radius 1 is 0.611 bits per heavy atom. The van der Waals surface area contributed by atoms with Crippen LogP contribution in [0.4, 0.5) is 0 Å². The SMILES string of the molecule is CCCCCCCC1CCC(C2CCC(C#CC3CCC(C#CC4CCC(CCCCC)CC4)CC3C(=O)NC3[C@H](O)OC(CO)[C@H](O)[C@@H]3O)CC2)CC1. The first-order chi connectivity index (χ1) is 26.3. The molecule has 0 bridgehead atoms. The molecule has 0 aromatic rings. The molecule has 5 rings (SSSR count). The van der Waals surface area contributed by atoms with Crippen LogP contribution >= 0.6 is 0 Å². The lowest BCUT2D eigenvalue weighted by molar-refractivity contribution is -0.254. The van der Waals surface area contributed by atoms with E-state index in [0.29, 0.717) is 18.3 Å². The molecule has 54 heavy (non-hydrogen) atoms.